The number of methoxy groups -OCH3 is 1. The highest BCUT2D eigenvalue weighted by Crippen LogP contribution is 2.31. The molecule has 8 heteroatoms. The van der Waals surface area contributed by atoms with Crippen molar-refractivity contribution in [1.29, 1.82) is 0 Å². The summed E-state index contributed by atoms with van der Waals surface area (Å²) in [5.74, 6) is -0.257. The van der Waals surface area contributed by atoms with Gasteiger partial charge in [-0.3, -0.25) is 4.79 Å². The highest BCUT2D eigenvalue weighted by molar-refractivity contribution is 5.92. The van der Waals surface area contributed by atoms with E-state index >= 15 is 0 Å². The van der Waals surface area contributed by atoms with Crippen LogP contribution >= 0.6 is 0 Å². The molecule has 0 aliphatic rings. The summed E-state index contributed by atoms with van der Waals surface area (Å²) in [4.78, 5) is 11.4. The van der Waals surface area contributed by atoms with Gasteiger partial charge in [0.05, 0.1) is 13.7 Å². The number of hydrogen-bond donors (Lipinski definition) is 2. The summed E-state index contributed by atoms with van der Waals surface area (Å²) in [6, 6.07) is 4.20. The van der Waals surface area contributed by atoms with Gasteiger partial charge < -0.3 is 20.1 Å². The van der Waals surface area contributed by atoms with Crippen molar-refractivity contribution in [2.45, 2.75) is 6.18 Å². The average molecular weight is 292 g/mol. The van der Waals surface area contributed by atoms with Crippen molar-refractivity contribution in [3.63, 3.8) is 0 Å². The Morgan fingerprint density at radius 1 is 1.30 bits per heavy atom. The van der Waals surface area contributed by atoms with Gasteiger partial charge in [-0.1, -0.05) is 0 Å². The van der Waals surface area contributed by atoms with Crippen LogP contribution in [0.4, 0.5) is 18.9 Å². The summed E-state index contributed by atoms with van der Waals surface area (Å²) in [7, 11) is 2.92. The number of amides is 1. The fourth-order valence-electron chi connectivity index (χ4n) is 1.39. The number of likely N-dealkylation sites (N-methyl/N-ethyl adjacent to an activating group) is 1. The van der Waals surface area contributed by atoms with Gasteiger partial charge in [-0.25, -0.2) is 0 Å². The van der Waals surface area contributed by atoms with Gasteiger partial charge in [0.2, 0.25) is 5.91 Å². The molecular formula is C12H15F3N2O3. The number of carbonyl (C=O) groups is 1. The van der Waals surface area contributed by atoms with Crippen LogP contribution in [0.15, 0.2) is 18.2 Å². The lowest BCUT2D eigenvalue weighted by molar-refractivity contribution is -0.153. The van der Waals surface area contributed by atoms with Crippen LogP contribution in [0.5, 0.6) is 11.5 Å². The molecule has 0 saturated heterocycles. The number of anilines is 1. The molecule has 0 aliphatic heterocycles. The molecule has 0 unspecified atom stereocenters. The average Bonchev–Trinajstić information content (AvgIpc) is 2.36. The zero-order valence-corrected chi connectivity index (χ0v) is 11.0. The summed E-state index contributed by atoms with van der Waals surface area (Å²) in [5, 5.41) is 5.17. The van der Waals surface area contributed by atoms with E-state index in [0.717, 1.165) is 0 Å². The van der Waals surface area contributed by atoms with Crippen LogP contribution < -0.4 is 20.1 Å². The van der Waals surface area contributed by atoms with Gasteiger partial charge in [-0.05, 0) is 19.2 Å². The Bertz CT molecular complexity index is 464. The van der Waals surface area contributed by atoms with E-state index in [1.807, 2.05) is 0 Å². The van der Waals surface area contributed by atoms with Gasteiger partial charge in [-0.2, -0.15) is 13.2 Å². The molecule has 20 heavy (non-hydrogen) atoms. The van der Waals surface area contributed by atoms with Crippen LogP contribution in [-0.4, -0.2) is 39.4 Å². The predicted molar refractivity (Wildman–Crippen MR) is 67.1 cm³/mol. The molecule has 0 radical (unpaired) electrons. The van der Waals surface area contributed by atoms with E-state index in [1.165, 1.54) is 25.3 Å². The molecule has 0 aromatic heterocycles. The second-order valence-corrected chi connectivity index (χ2v) is 3.85. The monoisotopic (exact) mass is 292 g/mol. The largest absolute Gasteiger partial charge is 0.493 e. The number of hydrogen-bond acceptors (Lipinski definition) is 4. The highest BCUT2D eigenvalue weighted by atomic mass is 19.4. The first-order valence-corrected chi connectivity index (χ1v) is 5.67. The van der Waals surface area contributed by atoms with Gasteiger partial charge in [0.1, 0.15) is 0 Å². The second-order valence-electron chi connectivity index (χ2n) is 3.85. The molecular weight excluding hydrogens is 277 g/mol. The minimum atomic E-state index is -4.45. The molecule has 0 heterocycles. The van der Waals surface area contributed by atoms with Crippen molar-refractivity contribution in [3.05, 3.63) is 18.2 Å². The smallest absolute Gasteiger partial charge is 0.422 e. The van der Waals surface area contributed by atoms with E-state index < -0.39 is 12.8 Å². The second kappa shape index (κ2) is 6.99. The third-order valence-corrected chi connectivity index (χ3v) is 2.18. The van der Waals surface area contributed by atoms with Crippen LogP contribution in [0.1, 0.15) is 0 Å². The van der Waals surface area contributed by atoms with Gasteiger partial charge >= 0.3 is 6.18 Å². The molecule has 0 saturated carbocycles. The van der Waals surface area contributed by atoms with Crippen molar-refractivity contribution in [2.75, 3.05) is 32.6 Å². The third kappa shape index (κ3) is 5.35. The summed E-state index contributed by atoms with van der Waals surface area (Å²) >= 11 is 0. The summed E-state index contributed by atoms with van der Waals surface area (Å²) in [5.41, 5.74) is 0.322. The molecule has 2 N–H and O–H groups in total. The van der Waals surface area contributed by atoms with Gasteiger partial charge in [0, 0.05) is 11.8 Å². The maximum absolute atomic E-state index is 12.1. The summed E-state index contributed by atoms with van der Waals surface area (Å²) < 4.78 is 46.0. The highest BCUT2D eigenvalue weighted by Gasteiger charge is 2.29. The molecule has 0 bridgehead atoms. The molecule has 0 fully saturated rings. The SMILES string of the molecule is CNCC(=O)Nc1ccc(OC)c(OCC(F)(F)F)c1. The Hall–Kier alpha value is -1.96. The van der Waals surface area contributed by atoms with Gasteiger partial charge in [0.25, 0.3) is 0 Å². The quantitative estimate of drug-likeness (QED) is 0.839. The van der Waals surface area contributed by atoms with Crippen molar-refractivity contribution in [2.24, 2.45) is 0 Å². The molecule has 1 rings (SSSR count). The van der Waals surface area contributed by atoms with E-state index in [-0.39, 0.29) is 24.0 Å². The molecule has 1 aromatic carbocycles. The fraction of sp³-hybridized carbons (Fsp3) is 0.417. The maximum Gasteiger partial charge on any atom is 0.422 e. The van der Waals surface area contributed by atoms with E-state index in [2.05, 4.69) is 15.4 Å². The number of carbonyl (C=O) groups excluding carboxylic acids is 1. The molecule has 1 amide bonds. The van der Waals surface area contributed by atoms with E-state index in [0.29, 0.717) is 5.69 Å². The molecule has 0 aliphatic carbocycles. The van der Waals surface area contributed by atoms with Crippen LogP contribution in [-0.2, 0) is 4.79 Å². The summed E-state index contributed by atoms with van der Waals surface area (Å²) in [6.07, 6.45) is -4.45. The van der Waals surface area contributed by atoms with Gasteiger partial charge in [0.15, 0.2) is 18.1 Å². The number of ether oxygens (including phenoxy) is 2. The molecule has 5 nitrogen and oxygen atoms in total. The number of alkyl halides is 3. The number of halogens is 3. The molecule has 1 aromatic rings. The lowest BCUT2D eigenvalue weighted by Gasteiger charge is -2.14. The fourth-order valence-corrected chi connectivity index (χ4v) is 1.39. The summed E-state index contributed by atoms with van der Waals surface area (Å²) in [6.45, 7) is -1.35. The predicted octanol–water partition coefficient (Wildman–Crippen LogP) is 1.79. The number of rotatable bonds is 6. The van der Waals surface area contributed by atoms with E-state index in [1.54, 1.807) is 7.05 Å². The minimum Gasteiger partial charge on any atom is -0.493 e. The van der Waals surface area contributed by atoms with Crippen LogP contribution in [0.25, 0.3) is 0 Å². The normalized spacial score (nSPS) is 11.1. The maximum atomic E-state index is 12.1. The minimum absolute atomic E-state index is 0.0881. The molecule has 0 spiro atoms. The third-order valence-electron chi connectivity index (χ3n) is 2.18. The Balaban J connectivity index is 2.82. The Morgan fingerprint density at radius 2 is 2.00 bits per heavy atom. The van der Waals surface area contributed by atoms with Crippen molar-refractivity contribution >= 4 is 11.6 Å². The van der Waals surface area contributed by atoms with Gasteiger partial charge in [-0.15, -0.1) is 0 Å². The Labute approximate surface area is 114 Å². The van der Waals surface area contributed by atoms with Crippen molar-refractivity contribution in [3.8, 4) is 11.5 Å². The van der Waals surface area contributed by atoms with Crippen LogP contribution in [0.2, 0.25) is 0 Å². The lowest BCUT2D eigenvalue weighted by Crippen LogP contribution is -2.25. The van der Waals surface area contributed by atoms with Crippen molar-refractivity contribution in [1.82, 2.24) is 5.32 Å². The van der Waals surface area contributed by atoms with Crippen LogP contribution in [0.3, 0.4) is 0 Å². The molecule has 0 atom stereocenters. The zero-order chi connectivity index (χ0) is 15.2. The topological polar surface area (TPSA) is 59.6 Å². The molecule has 112 valence electrons. The first kappa shape index (κ1) is 16.1. The van der Waals surface area contributed by atoms with Crippen molar-refractivity contribution < 1.29 is 27.4 Å². The number of nitrogens with one attached hydrogen (secondary N) is 2. The standard InChI is InChI=1S/C12H15F3N2O3/c1-16-6-11(18)17-8-3-4-9(19-2)10(5-8)20-7-12(13,14)15/h3-5,16H,6-7H2,1-2H3,(H,17,18). The zero-order valence-electron chi connectivity index (χ0n) is 11.0. The van der Waals surface area contributed by atoms with Crippen LogP contribution in [0, 0.1) is 0 Å². The van der Waals surface area contributed by atoms with E-state index in [9.17, 15) is 18.0 Å². The number of benzene rings is 1. The Morgan fingerprint density at radius 3 is 2.55 bits per heavy atom. The first-order valence-electron chi connectivity index (χ1n) is 5.67. The lowest BCUT2D eigenvalue weighted by atomic mass is 10.2. The Kier molecular flexibility index (Phi) is 5.63. The van der Waals surface area contributed by atoms with E-state index in [4.69, 9.17) is 4.74 Å². The first-order chi connectivity index (χ1) is 9.35.